The number of hydrogen-bond donors (Lipinski definition) is 1. The molecule has 0 aromatic heterocycles. The minimum absolute atomic E-state index is 0.0137. The number of carbonyl (C=O) groups excluding carboxylic acids is 2. The number of ketones is 1. The smallest absolute Gasteiger partial charge is 0.299 e. The standard InChI is InChI=1S/C16H14N2O5S/c1-23-11-4-7-14-13(8-11)15(19)16(20)18(14)9-10-2-5-12(6-3-10)24(17,21)22/h2-8H,9H2,1H3,(H2,17,21,22). The fraction of sp³-hybridized carbons (Fsp3) is 0.125. The number of Topliss-reactive ketones (excluding diaryl/α,β-unsaturated/α-hetero) is 1. The molecule has 1 aliphatic rings. The summed E-state index contributed by atoms with van der Waals surface area (Å²) in [6.45, 7) is 0.148. The zero-order valence-corrected chi connectivity index (χ0v) is 13.5. The van der Waals surface area contributed by atoms with Crippen LogP contribution >= 0.6 is 0 Å². The maximum atomic E-state index is 12.2. The molecule has 0 bridgehead atoms. The predicted molar refractivity (Wildman–Crippen MR) is 86.3 cm³/mol. The molecule has 24 heavy (non-hydrogen) atoms. The molecule has 0 saturated heterocycles. The molecule has 0 aliphatic carbocycles. The molecule has 0 radical (unpaired) electrons. The number of amides is 1. The van der Waals surface area contributed by atoms with Crippen molar-refractivity contribution in [1.29, 1.82) is 0 Å². The number of hydrogen-bond acceptors (Lipinski definition) is 5. The molecule has 1 aliphatic heterocycles. The number of fused-ring (bicyclic) bond motifs is 1. The molecular weight excluding hydrogens is 332 g/mol. The molecule has 1 heterocycles. The summed E-state index contributed by atoms with van der Waals surface area (Å²) in [4.78, 5) is 25.7. The number of carbonyl (C=O) groups is 2. The predicted octanol–water partition coefficient (Wildman–Crippen LogP) is 1.07. The van der Waals surface area contributed by atoms with Crippen molar-refractivity contribution < 1.29 is 22.7 Å². The van der Waals surface area contributed by atoms with Crippen LogP contribution in [0.5, 0.6) is 5.75 Å². The molecular formula is C16H14N2O5S. The van der Waals surface area contributed by atoms with Gasteiger partial charge in [0.25, 0.3) is 11.7 Å². The van der Waals surface area contributed by atoms with Gasteiger partial charge < -0.3 is 9.64 Å². The molecule has 3 rings (SSSR count). The Morgan fingerprint density at radius 3 is 2.33 bits per heavy atom. The van der Waals surface area contributed by atoms with E-state index in [1.165, 1.54) is 30.2 Å². The lowest BCUT2D eigenvalue weighted by atomic mass is 10.1. The summed E-state index contributed by atoms with van der Waals surface area (Å²) < 4.78 is 27.6. The van der Waals surface area contributed by atoms with E-state index in [4.69, 9.17) is 9.88 Å². The lowest BCUT2D eigenvalue weighted by molar-refractivity contribution is -0.114. The highest BCUT2D eigenvalue weighted by molar-refractivity contribution is 7.89. The third-order valence-corrected chi connectivity index (χ3v) is 4.70. The number of nitrogens with zero attached hydrogens (tertiary/aromatic N) is 1. The van der Waals surface area contributed by atoms with Gasteiger partial charge in [-0.3, -0.25) is 9.59 Å². The Morgan fingerprint density at radius 1 is 1.08 bits per heavy atom. The average Bonchev–Trinajstić information content (AvgIpc) is 2.79. The van der Waals surface area contributed by atoms with Gasteiger partial charge in [0.1, 0.15) is 5.75 Å². The van der Waals surface area contributed by atoms with Gasteiger partial charge in [-0.25, -0.2) is 13.6 Å². The van der Waals surface area contributed by atoms with E-state index in [1.54, 1.807) is 24.3 Å². The molecule has 2 aromatic rings. The van der Waals surface area contributed by atoms with E-state index in [2.05, 4.69) is 0 Å². The topological polar surface area (TPSA) is 107 Å². The molecule has 0 saturated carbocycles. The van der Waals surface area contributed by atoms with Gasteiger partial charge in [0.2, 0.25) is 10.0 Å². The first-order valence-electron chi connectivity index (χ1n) is 6.97. The SMILES string of the molecule is COc1ccc2c(c1)C(=O)C(=O)N2Cc1ccc(S(N)(=O)=O)cc1. The molecule has 124 valence electrons. The van der Waals surface area contributed by atoms with Crippen LogP contribution in [0.4, 0.5) is 5.69 Å². The van der Waals surface area contributed by atoms with E-state index in [0.717, 1.165) is 0 Å². The molecule has 0 unspecified atom stereocenters. The van der Waals surface area contributed by atoms with Crippen LogP contribution in [0.25, 0.3) is 0 Å². The van der Waals surface area contributed by atoms with Gasteiger partial charge >= 0.3 is 0 Å². The number of sulfonamides is 1. The van der Waals surface area contributed by atoms with Crippen LogP contribution in [-0.2, 0) is 21.4 Å². The molecule has 0 spiro atoms. The Hall–Kier alpha value is -2.71. The Labute approximate surface area is 138 Å². The van der Waals surface area contributed by atoms with Crippen molar-refractivity contribution in [3.8, 4) is 5.75 Å². The number of anilines is 1. The van der Waals surface area contributed by atoms with E-state index >= 15 is 0 Å². The largest absolute Gasteiger partial charge is 0.497 e. The van der Waals surface area contributed by atoms with Gasteiger partial charge in [0.15, 0.2) is 0 Å². The zero-order valence-electron chi connectivity index (χ0n) is 12.7. The van der Waals surface area contributed by atoms with Crippen molar-refractivity contribution in [2.45, 2.75) is 11.4 Å². The van der Waals surface area contributed by atoms with Crippen molar-refractivity contribution >= 4 is 27.4 Å². The first-order chi connectivity index (χ1) is 11.3. The molecule has 2 N–H and O–H groups in total. The number of nitrogens with two attached hydrogens (primary N) is 1. The Bertz CT molecular complexity index is 935. The monoisotopic (exact) mass is 346 g/mol. The van der Waals surface area contributed by atoms with Gasteiger partial charge in [-0.1, -0.05) is 12.1 Å². The summed E-state index contributed by atoms with van der Waals surface area (Å²) in [6.07, 6.45) is 0. The van der Waals surface area contributed by atoms with Crippen LogP contribution in [0.2, 0.25) is 0 Å². The second kappa shape index (κ2) is 5.73. The van der Waals surface area contributed by atoms with Gasteiger partial charge in [-0.05, 0) is 35.9 Å². The van der Waals surface area contributed by atoms with E-state index in [9.17, 15) is 18.0 Å². The first-order valence-corrected chi connectivity index (χ1v) is 8.52. The van der Waals surface area contributed by atoms with E-state index in [-0.39, 0.29) is 11.4 Å². The number of benzene rings is 2. The maximum absolute atomic E-state index is 12.2. The number of primary sulfonamides is 1. The third-order valence-electron chi connectivity index (χ3n) is 3.77. The second-order valence-corrected chi connectivity index (χ2v) is 6.85. The van der Waals surface area contributed by atoms with E-state index < -0.39 is 21.7 Å². The minimum atomic E-state index is -3.77. The normalized spacial score (nSPS) is 14.0. The second-order valence-electron chi connectivity index (χ2n) is 5.29. The van der Waals surface area contributed by atoms with Crippen LogP contribution in [0, 0.1) is 0 Å². The molecule has 8 heteroatoms. The summed E-state index contributed by atoms with van der Waals surface area (Å²) >= 11 is 0. The highest BCUT2D eigenvalue weighted by Crippen LogP contribution is 2.33. The molecule has 0 atom stereocenters. The van der Waals surface area contributed by atoms with Gasteiger partial charge in [-0.15, -0.1) is 0 Å². The van der Waals surface area contributed by atoms with Crippen LogP contribution in [0.3, 0.4) is 0 Å². The van der Waals surface area contributed by atoms with Crippen molar-refractivity contribution in [3.05, 3.63) is 53.6 Å². The van der Waals surface area contributed by atoms with E-state index in [1.807, 2.05) is 0 Å². The summed E-state index contributed by atoms with van der Waals surface area (Å²) in [7, 11) is -2.29. The molecule has 0 fully saturated rings. The fourth-order valence-electron chi connectivity index (χ4n) is 2.53. The Balaban J connectivity index is 1.91. The Kier molecular flexibility index (Phi) is 3.86. The summed E-state index contributed by atoms with van der Waals surface area (Å²) in [6, 6.07) is 10.7. The highest BCUT2D eigenvalue weighted by atomic mass is 32.2. The van der Waals surface area contributed by atoms with Gasteiger partial charge in [0.05, 0.1) is 29.8 Å². The fourth-order valence-corrected chi connectivity index (χ4v) is 3.05. The van der Waals surface area contributed by atoms with Crippen molar-refractivity contribution in [1.82, 2.24) is 0 Å². The minimum Gasteiger partial charge on any atom is -0.497 e. The summed E-state index contributed by atoms with van der Waals surface area (Å²) in [5, 5.41) is 5.05. The van der Waals surface area contributed by atoms with Crippen LogP contribution in [0.15, 0.2) is 47.4 Å². The number of methoxy groups -OCH3 is 1. The lowest BCUT2D eigenvalue weighted by Gasteiger charge is -2.17. The van der Waals surface area contributed by atoms with Gasteiger partial charge in [-0.2, -0.15) is 0 Å². The summed E-state index contributed by atoms with van der Waals surface area (Å²) in [5.74, 6) is -0.729. The molecule has 2 aromatic carbocycles. The maximum Gasteiger partial charge on any atom is 0.299 e. The van der Waals surface area contributed by atoms with Crippen molar-refractivity contribution in [2.75, 3.05) is 12.0 Å². The third kappa shape index (κ3) is 2.77. The molecule has 7 nitrogen and oxygen atoms in total. The number of ether oxygens (including phenoxy) is 1. The van der Waals surface area contributed by atoms with Crippen LogP contribution < -0.4 is 14.8 Å². The summed E-state index contributed by atoms with van der Waals surface area (Å²) in [5.41, 5.74) is 1.47. The first kappa shape index (κ1) is 16.2. The Morgan fingerprint density at radius 2 is 1.75 bits per heavy atom. The van der Waals surface area contributed by atoms with Crippen LogP contribution in [0.1, 0.15) is 15.9 Å². The number of rotatable bonds is 4. The highest BCUT2D eigenvalue weighted by Gasteiger charge is 2.36. The lowest BCUT2D eigenvalue weighted by Crippen LogP contribution is -2.29. The zero-order chi connectivity index (χ0) is 17.5. The van der Waals surface area contributed by atoms with Crippen molar-refractivity contribution in [3.63, 3.8) is 0 Å². The average molecular weight is 346 g/mol. The molecule has 1 amide bonds. The quantitative estimate of drug-likeness (QED) is 0.834. The van der Waals surface area contributed by atoms with E-state index in [0.29, 0.717) is 22.6 Å². The van der Waals surface area contributed by atoms with Crippen molar-refractivity contribution in [2.24, 2.45) is 5.14 Å². The van der Waals surface area contributed by atoms with Crippen LogP contribution in [-0.4, -0.2) is 27.2 Å². The van der Waals surface area contributed by atoms with Gasteiger partial charge in [0, 0.05) is 0 Å².